The van der Waals surface area contributed by atoms with Crippen LogP contribution in [-0.2, 0) is 0 Å². The van der Waals surface area contributed by atoms with Crippen molar-refractivity contribution in [3.05, 3.63) is 51.8 Å². The molecule has 1 N–H and O–H groups in total. The highest BCUT2D eigenvalue weighted by molar-refractivity contribution is 5.95. The Morgan fingerprint density at radius 3 is 2.46 bits per heavy atom. The number of anilines is 1. The Labute approximate surface area is 160 Å². The van der Waals surface area contributed by atoms with Crippen molar-refractivity contribution in [1.29, 1.82) is 0 Å². The van der Waals surface area contributed by atoms with E-state index >= 15 is 4.39 Å². The van der Waals surface area contributed by atoms with E-state index in [0.717, 1.165) is 18.9 Å². The van der Waals surface area contributed by atoms with Gasteiger partial charge in [-0.1, -0.05) is 0 Å². The predicted molar refractivity (Wildman–Crippen MR) is 103 cm³/mol. The number of carbonyl (C=O) groups is 1. The van der Waals surface area contributed by atoms with Gasteiger partial charge in [0.1, 0.15) is 11.4 Å². The molecular weight excluding hydrogens is 363 g/mol. The number of hydrogen-bond donors (Lipinski definition) is 1. The van der Waals surface area contributed by atoms with E-state index in [1.807, 2.05) is 14.1 Å². The molecule has 144 valence electrons. The highest BCUT2D eigenvalue weighted by atomic mass is 19.1. The van der Waals surface area contributed by atoms with Crippen molar-refractivity contribution in [1.82, 2.24) is 14.5 Å². The van der Waals surface area contributed by atoms with Crippen molar-refractivity contribution < 1.29 is 14.3 Å². The van der Waals surface area contributed by atoms with Crippen molar-refractivity contribution in [2.45, 2.75) is 25.8 Å². The van der Waals surface area contributed by atoms with Gasteiger partial charge in [0.15, 0.2) is 0 Å². The number of nitrogens with zero attached hydrogens (tertiary/aromatic N) is 4. The summed E-state index contributed by atoms with van der Waals surface area (Å²) in [5, 5.41) is 9.45. The van der Waals surface area contributed by atoms with Crippen LogP contribution in [0, 0.1) is 12.7 Å². The lowest BCUT2D eigenvalue weighted by Crippen LogP contribution is -2.19. The first kappa shape index (κ1) is 18.1. The van der Waals surface area contributed by atoms with Gasteiger partial charge >= 0.3 is 5.97 Å². The summed E-state index contributed by atoms with van der Waals surface area (Å²) in [6.07, 6.45) is 6.26. The smallest absolute Gasteiger partial charge is 0.341 e. The minimum Gasteiger partial charge on any atom is -0.477 e. The maximum absolute atomic E-state index is 15.0. The molecule has 3 aromatic rings. The second-order valence-corrected chi connectivity index (χ2v) is 7.24. The van der Waals surface area contributed by atoms with Crippen LogP contribution in [0.4, 0.5) is 10.3 Å². The molecule has 0 bridgehead atoms. The number of fused-ring (bicyclic) bond motifs is 1. The Hall–Kier alpha value is -3.29. The molecule has 2 heterocycles. The van der Waals surface area contributed by atoms with Gasteiger partial charge in [-0.05, 0) is 31.4 Å². The summed E-state index contributed by atoms with van der Waals surface area (Å²) in [4.78, 5) is 34.4. The Balaban J connectivity index is 2.02. The number of carboxylic acids is 1. The molecule has 1 fully saturated rings. The van der Waals surface area contributed by atoms with E-state index in [1.54, 1.807) is 28.8 Å². The number of aryl methyl sites for hydroxylation is 1. The van der Waals surface area contributed by atoms with Crippen LogP contribution < -0.4 is 10.3 Å². The molecule has 0 saturated heterocycles. The van der Waals surface area contributed by atoms with E-state index in [4.69, 9.17) is 0 Å². The third-order valence-corrected chi connectivity index (χ3v) is 5.01. The van der Waals surface area contributed by atoms with Gasteiger partial charge in [-0.15, -0.1) is 0 Å². The summed E-state index contributed by atoms with van der Waals surface area (Å²) < 4.78 is 16.8. The van der Waals surface area contributed by atoms with Gasteiger partial charge in [0.25, 0.3) is 0 Å². The van der Waals surface area contributed by atoms with E-state index in [0.29, 0.717) is 28.2 Å². The Bertz CT molecular complexity index is 1170. The van der Waals surface area contributed by atoms with Gasteiger partial charge in [0, 0.05) is 55.2 Å². The van der Waals surface area contributed by atoms with E-state index < -0.39 is 17.2 Å². The Morgan fingerprint density at radius 2 is 1.93 bits per heavy atom. The maximum atomic E-state index is 15.0. The Morgan fingerprint density at radius 1 is 1.29 bits per heavy atom. The van der Waals surface area contributed by atoms with Crippen LogP contribution in [0.1, 0.15) is 34.8 Å². The minimum absolute atomic E-state index is 0.0800. The van der Waals surface area contributed by atoms with Crippen LogP contribution in [0.25, 0.3) is 22.0 Å². The minimum atomic E-state index is -1.31. The molecule has 1 saturated carbocycles. The lowest BCUT2D eigenvalue weighted by molar-refractivity contribution is 0.0695. The fourth-order valence-corrected chi connectivity index (χ4v) is 3.51. The first-order chi connectivity index (χ1) is 13.3. The topological polar surface area (TPSA) is 88.3 Å². The Kier molecular flexibility index (Phi) is 4.14. The molecule has 8 heteroatoms. The molecule has 1 aromatic carbocycles. The fraction of sp³-hybridized carbons (Fsp3) is 0.300. The maximum Gasteiger partial charge on any atom is 0.341 e. The quantitative estimate of drug-likeness (QED) is 0.746. The third kappa shape index (κ3) is 2.81. The molecule has 0 radical (unpaired) electrons. The number of hydrogen-bond acceptors (Lipinski definition) is 5. The molecule has 0 aliphatic heterocycles. The van der Waals surface area contributed by atoms with Crippen molar-refractivity contribution in [2.75, 3.05) is 19.0 Å². The van der Waals surface area contributed by atoms with Crippen LogP contribution in [0.2, 0.25) is 0 Å². The summed E-state index contributed by atoms with van der Waals surface area (Å²) in [5.41, 5.74) is 0.925. The van der Waals surface area contributed by atoms with Crippen LogP contribution in [-0.4, -0.2) is 39.7 Å². The summed E-state index contributed by atoms with van der Waals surface area (Å²) >= 11 is 0. The number of rotatable bonds is 4. The van der Waals surface area contributed by atoms with Gasteiger partial charge in [-0.3, -0.25) is 4.79 Å². The molecule has 4 rings (SSSR count). The largest absolute Gasteiger partial charge is 0.477 e. The zero-order valence-electron chi connectivity index (χ0n) is 15.7. The summed E-state index contributed by atoms with van der Waals surface area (Å²) in [7, 11) is 3.62. The van der Waals surface area contributed by atoms with Crippen molar-refractivity contribution in [3.63, 3.8) is 0 Å². The van der Waals surface area contributed by atoms with Gasteiger partial charge in [-0.25, -0.2) is 19.2 Å². The van der Waals surface area contributed by atoms with E-state index in [1.165, 1.54) is 6.20 Å². The molecule has 2 aromatic heterocycles. The lowest BCUT2D eigenvalue weighted by atomic mass is 9.97. The van der Waals surface area contributed by atoms with E-state index in [9.17, 15) is 14.7 Å². The molecular formula is C20H19FN4O3. The van der Waals surface area contributed by atoms with Crippen molar-refractivity contribution in [2.24, 2.45) is 0 Å². The fourth-order valence-electron chi connectivity index (χ4n) is 3.51. The molecule has 1 aliphatic rings. The monoisotopic (exact) mass is 382 g/mol. The van der Waals surface area contributed by atoms with Gasteiger partial charge in [0.2, 0.25) is 11.4 Å². The average molecular weight is 382 g/mol. The summed E-state index contributed by atoms with van der Waals surface area (Å²) in [6.45, 7) is 1.74. The van der Waals surface area contributed by atoms with Crippen LogP contribution >= 0.6 is 0 Å². The lowest BCUT2D eigenvalue weighted by Gasteiger charge is -2.17. The van der Waals surface area contributed by atoms with E-state index in [-0.39, 0.29) is 17.0 Å². The zero-order valence-corrected chi connectivity index (χ0v) is 15.7. The number of carboxylic acid groups (broad SMARTS) is 1. The van der Waals surface area contributed by atoms with Crippen LogP contribution in [0.3, 0.4) is 0 Å². The standard InChI is InChI=1S/C20H19FN4O3/c1-10-16(11-7-22-20(23-8-11)24(2)3)15(21)6-13-17(10)25(12-4-5-12)9-14(18(13)26)19(27)28/h6-9,12H,4-5H2,1-3H3,(H,27,28). The second kappa shape index (κ2) is 6.40. The molecule has 1 aliphatic carbocycles. The zero-order chi connectivity index (χ0) is 20.2. The van der Waals surface area contributed by atoms with Gasteiger partial charge in [0.05, 0.1) is 5.52 Å². The van der Waals surface area contributed by atoms with Gasteiger partial charge in [-0.2, -0.15) is 0 Å². The summed E-state index contributed by atoms with van der Waals surface area (Å²) in [6, 6.07) is 1.25. The second-order valence-electron chi connectivity index (χ2n) is 7.24. The number of benzene rings is 1. The van der Waals surface area contributed by atoms with E-state index in [2.05, 4.69) is 9.97 Å². The predicted octanol–water partition coefficient (Wildman–Crippen LogP) is 3.01. The number of aromatic carboxylic acids is 1. The first-order valence-corrected chi connectivity index (χ1v) is 8.90. The van der Waals surface area contributed by atoms with Crippen LogP contribution in [0.15, 0.2) is 29.5 Å². The van der Waals surface area contributed by atoms with Crippen molar-refractivity contribution >= 4 is 22.8 Å². The molecule has 7 nitrogen and oxygen atoms in total. The van der Waals surface area contributed by atoms with Crippen molar-refractivity contribution in [3.8, 4) is 11.1 Å². The van der Waals surface area contributed by atoms with Crippen LogP contribution in [0.5, 0.6) is 0 Å². The van der Waals surface area contributed by atoms with Gasteiger partial charge < -0.3 is 14.6 Å². The molecule has 0 atom stereocenters. The molecule has 0 amide bonds. The third-order valence-electron chi connectivity index (χ3n) is 5.01. The number of aromatic nitrogens is 3. The molecule has 0 spiro atoms. The average Bonchev–Trinajstić information content (AvgIpc) is 3.47. The highest BCUT2D eigenvalue weighted by Gasteiger charge is 2.29. The SMILES string of the molecule is Cc1c(-c2cnc(N(C)C)nc2)c(F)cc2c(=O)c(C(=O)O)cn(C3CC3)c12. The normalized spacial score (nSPS) is 13.7. The number of halogens is 1. The first-order valence-electron chi connectivity index (χ1n) is 8.90. The number of pyridine rings is 1. The molecule has 28 heavy (non-hydrogen) atoms. The summed E-state index contributed by atoms with van der Waals surface area (Å²) in [5.74, 6) is -1.41. The highest BCUT2D eigenvalue weighted by Crippen LogP contribution is 2.40. The molecule has 0 unspecified atom stereocenters.